The molecule has 0 fully saturated rings. The standard InChI is InChI=1S/C10H10O/c1-7-3-2-4-8-5-6-9(11)10(7)8/h2-4H,5-6H2,1H3. The molecule has 1 nitrogen and oxygen atoms in total. The van der Waals surface area contributed by atoms with Gasteiger partial charge in [0.1, 0.15) is 0 Å². The number of carbonyl (C=O) groups excluding carboxylic acids is 1. The van der Waals surface area contributed by atoms with E-state index in [2.05, 4.69) is 0 Å². The van der Waals surface area contributed by atoms with Gasteiger partial charge in [-0.1, -0.05) is 18.2 Å². The Hall–Kier alpha value is -1.11. The average Bonchev–Trinajstić information content (AvgIpc) is 2.34. The van der Waals surface area contributed by atoms with E-state index in [1.54, 1.807) is 0 Å². The van der Waals surface area contributed by atoms with Gasteiger partial charge in [0.2, 0.25) is 0 Å². The number of Topliss-reactive ketones (excluding diaryl/α,β-unsaturated/α-hetero) is 1. The normalized spacial score (nSPS) is 15.2. The maximum absolute atomic E-state index is 11.3. The Kier molecular flexibility index (Phi) is 1.31. The summed E-state index contributed by atoms with van der Waals surface area (Å²) in [6, 6.07) is 6.07. The van der Waals surface area contributed by atoms with Gasteiger partial charge in [-0.3, -0.25) is 4.79 Å². The first kappa shape index (κ1) is 6.59. The molecule has 0 saturated carbocycles. The van der Waals surface area contributed by atoms with E-state index in [1.165, 1.54) is 5.56 Å². The van der Waals surface area contributed by atoms with Crippen molar-refractivity contribution in [1.82, 2.24) is 0 Å². The Morgan fingerprint density at radius 3 is 2.82 bits per heavy atom. The molecule has 0 N–H and O–H groups in total. The molecular formula is C10H10O. The number of rotatable bonds is 0. The van der Waals surface area contributed by atoms with E-state index in [4.69, 9.17) is 0 Å². The predicted octanol–water partition coefficient (Wildman–Crippen LogP) is 2.12. The molecule has 0 atom stereocenters. The van der Waals surface area contributed by atoms with Gasteiger partial charge in [-0.2, -0.15) is 0 Å². The highest BCUT2D eigenvalue weighted by molar-refractivity contribution is 6.01. The smallest absolute Gasteiger partial charge is 0.163 e. The van der Waals surface area contributed by atoms with Gasteiger partial charge in [0.25, 0.3) is 0 Å². The minimum atomic E-state index is 0.318. The van der Waals surface area contributed by atoms with Crippen LogP contribution in [0.1, 0.15) is 27.9 Å². The summed E-state index contributed by atoms with van der Waals surface area (Å²) in [5.74, 6) is 0.318. The van der Waals surface area contributed by atoms with Gasteiger partial charge in [0.05, 0.1) is 0 Å². The van der Waals surface area contributed by atoms with Crippen molar-refractivity contribution in [3.8, 4) is 0 Å². The van der Waals surface area contributed by atoms with Gasteiger partial charge in [0.15, 0.2) is 5.78 Å². The van der Waals surface area contributed by atoms with Crippen molar-refractivity contribution in [1.29, 1.82) is 0 Å². The number of fused-ring (bicyclic) bond motifs is 1. The number of benzene rings is 1. The van der Waals surface area contributed by atoms with Gasteiger partial charge in [-0.25, -0.2) is 0 Å². The molecule has 0 heterocycles. The first-order valence-electron chi connectivity index (χ1n) is 3.91. The molecule has 56 valence electrons. The van der Waals surface area contributed by atoms with Crippen LogP contribution in [-0.2, 0) is 6.42 Å². The van der Waals surface area contributed by atoms with Crippen LogP contribution < -0.4 is 0 Å². The molecular weight excluding hydrogens is 136 g/mol. The maximum atomic E-state index is 11.3. The fourth-order valence-corrected chi connectivity index (χ4v) is 1.71. The van der Waals surface area contributed by atoms with Crippen LogP contribution in [0.5, 0.6) is 0 Å². The van der Waals surface area contributed by atoms with Crippen LogP contribution in [0, 0.1) is 6.92 Å². The molecule has 11 heavy (non-hydrogen) atoms. The Morgan fingerprint density at radius 1 is 1.27 bits per heavy atom. The second-order valence-electron chi connectivity index (χ2n) is 3.03. The molecule has 2 rings (SSSR count). The number of aryl methyl sites for hydroxylation is 2. The van der Waals surface area contributed by atoms with Crippen molar-refractivity contribution >= 4 is 5.78 Å². The summed E-state index contributed by atoms with van der Waals surface area (Å²) >= 11 is 0. The van der Waals surface area contributed by atoms with Crippen molar-refractivity contribution in [2.24, 2.45) is 0 Å². The topological polar surface area (TPSA) is 17.1 Å². The van der Waals surface area contributed by atoms with Crippen molar-refractivity contribution in [2.45, 2.75) is 19.8 Å². The highest BCUT2D eigenvalue weighted by Gasteiger charge is 2.20. The molecule has 1 aliphatic rings. The summed E-state index contributed by atoms with van der Waals surface area (Å²) in [4.78, 5) is 11.3. The Balaban J connectivity index is 2.68. The SMILES string of the molecule is Cc1cccc2c1C(=O)CC2. The highest BCUT2D eigenvalue weighted by Crippen LogP contribution is 2.24. The summed E-state index contributed by atoms with van der Waals surface area (Å²) in [6.45, 7) is 2.00. The zero-order valence-electron chi connectivity index (χ0n) is 6.55. The fourth-order valence-electron chi connectivity index (χ4n) is 1.71. The Bertz CT molecular complexity index is 313. The van der Waals surface area contributed by atoms with Crippen molar-refractivity contribution in [3.05, 3.63) is 34.9 Å². The van der Waals surface area contributed by atoms with E-state index >= 15 is 0 Å². The number of ketones is 1. The summed E-state index contributed by atoms with van der Waals surface area (Å²) < 4.78 is 0. The van der Waals surface area contributed by atoms with E-state index in [9.17, 15) is 4.79 Å². The first-order chi connectivity index (χ1) is 5.29. The molecule has 1 aromatic carbocycles. The maximum Gasteiger partial charge on any atom is 0.163 e. The van der Waals surface area contributed by atoms with Crippen molar-refractivity contribution in [2.75, 3.05) is 0 Å². The van der Waals surface area contributed by atoms with Crippen LogP contribution >= 0.6 is 0 Å². The summed E-state index contributed by atoms with van der Waals surface area (Å²) in [7, 11) is 0. The lowest BCUT2D eigenvalue weighted by Crippen LogP contribution is -1.94. The third kappa shape index (κ3) is 0.881. The molecule has 0 radical (unpaired) electrons. The lowest BCUT2D eigenvalue weighted by Gasteiger charge is -1.99. The second-order valence-corrected chi connectivity index (χ2v) is 3.03. The van der Waals surface area contributed by atoms with E-state index in [0.29, 0.717) is 12.2 Å². The zero-order chi connectivity index (χ0) is 7.84. The molecule has 1 heteroatoms. The van der Waals surface area contributed by atoms with E-state index in [1.807, 2.05) is 25.1 Å². The molecule has 0 unspecified atom stereocenters. The largest absolute Gasteiger partial charge is 0.294 e. The van der Waals surface area contributed by atoms with Crippen molar-refractivity contribution < 1.29 is 4.79 Å². The summed E-state index contributed by atoms with van der Waals surface area (Å²) in [5, 5.41) is 0. The second kappa shape index (κ2) is 2.19. The molecule has 0 aromatic heterocycles. The van der Waals surface area contributed by atoms with Crippen molar-refractivity contribution in [3.63, 3.8) is 0 Å². The van der Waals surface area contributed by atoms with Crippen LogP contribution in [0.4, 0.5) is 0 Å². The molecule has 0 saturated heterocycles. The highest BCUT2D eigenvalue weighted by atomic mass is 16.1. The first-order valence-corrected chi connectivity index (χ1v) is 3.91. The van der Waals surface area contributed by atoms with Crippen LogP contribution in [0.15, 0.2) is 18.2 Å². The summed E-state index contributed by atoms with van der Waals surface area (Å²) in [6.07, 6.45) is 1.65. The monoisotopic (exact) mass is 146 g/mol. The third-order valence-corrected chi connectivity index (χ3v) is 2.26. The van der Waals surface area contributed by atoms with Gasteiger partial charge in [-0.15, -0.1) is 0 Å². The number of hydrogen-bond donors (Lipinski definition) is 0. The average molecular weight is 146 g/mol. The minimum absolute atomic E-state index is 0.318. The molecule has 1 aliphatic carbocycles. The third-order valence-electron chi connectivity index (χ3n) is 2.26. The lowest BCUT2D eigenvalue weighted by atomic mass is 10.0. The van der Waals surface area contributed by atoms with Crippen LogP contribution in [-0.4, -0.2) is 5.78 Å². The van der Waals surface area contributed by atoms with E-state index in [-0.39, 0.29) is 0 Å². The van der Waals surface area contributed by atoms with Gasteiger partial charge in [0, 0.05) is 12.0 Å². The summed E-state index contributed by atoms with van der Waals surface area (Å²) in [5.41, 5.74) is 3.34. The lowest BCUT2D eigenvalue weighted by molar-refractivity contribution is 0.0994. The molecule has 1 aromatic rings. The van der Waals surface area contributed by atoms with Gasteiger partial charge >= 0.3 is 0 Å². The molecule has 0 spiro atoms. The molecule has 0 amide bonds. The van der Waals surface area contributed by atoms with Gasteiger partial charge < -0.3 is 0 Å². The Labute approximate surface area is 66.0 Å². The minimum Gasteiger partial charge on any atom is -0.294 e. The molecule has 0 bridgehead atoms. The van der Waals surface area contributed by atoms with Crippen LogP contribution in [0.3, 0.4) is 0 Å². The molecule has 0 aliphatic heterocycles. The fraction of sp³-hybridized carbons (Fsp3) is 0.300. The van der Waals surface area contributed by atoms with Crippen LogP contribution in [0.2, 0.25) is 0 Å². The predicted molar refractivity (Wildman–Crippen MR) is 43.8 cm³/mol. The van der Waals surface area contributed by atoms with E-state index < -0.39 is 0 Å². The van der Waals surface area contributed by atoms with Gasteiger partial charge in [-0.05, 0) is 24.5 Å². The number of hydrogen-bond acceptors (Lipinski definition) is 1. The quantitative estimate of drug-likeness (QED) is 0.548. The zero-order valence-corrected chi connectivity index (χ0v) is 6.55. The Morgan fingerprint density at radius 2 is 2.09 bits per heavy atom. The van der Waals surface area contributed by atoms with Crippen LogP contribution in [0.25, 0.3) is 0 Å². The van der Waals surface area contributed by atoms with E-state index in [0.717, 1.165) is 17.5 Å². The number of carbonyl (C=O) groups is 1.